The van der Waals surface area contributed by atoms with Crippen molar-refractivity contribution >= 4 is 49.6 Å². The molecule has 3 aromatic rings. The number of benzene rings is 3. The minimum atomic E-state index is -0.654. The lowest BCUT2D eigenvalue weighted by Crippen LogP contribution is -2.50. The van der Waals surface area contributed by atoms with Crippen molar-refractivity contribution in [2.75, 3.05) is 20.7 Å². The number of hydrogen-bond acceptors (Lipinski definition) is 4. The molecule has 0 aliphatic carbocycles. The second-order valence-electron chi connectivity index (χ2n) is 9.29. The predicted molar refractivity (Wildman–Crippen MR) is 149 cm³/mol. The largest absolute Gasteiger partial charge is 0.465 e. The Labute approximate surface area is 238 Å². The van der Waals surface area contributed by atoms with Crippen LogP contribution >= 0.6 is 31.9 Å². The van der Waals surface area contributed by atoms with Crippen LogP contribution in [0.1, 0.15) is 32.6 Å². The molecule has 0 bridgehead atoms. The van der Waals surface area contributed by atoms with E-state index in [1.807, 2.05) is 48.5 Å². The van der Waals surface area contributed by atoms with Crippen LogP contribution in [0, 0.1) is 5.82 Å². The molecule has 0 spiro atoms. The number of carbonyl (C=O) groups is 3. The number of carbonyl (C=O) groups excluding carboxylic acids is 3. The number of likely N-dealkylation sites (N-methyl/N-ethyl adjacent to an activating group) is 1. The SMILES string of the molecule is COC(=O)c1cc(F)cc2c1CCN(C(=O)C(=O)N(C)C(Cc1ccc(Br)cc1)Cc1ccc(Br)cc1)C2. The smallest absolute Gasteiger partial charge is 0.338 e. The number of esters is 1. The van der Waals surface area contributed by atoms with E-state index >= 15 is 0 Å². The summed E-state index contributed by atoms with van der Waals surface area (Å²) in [6, 6.07) is 18.0. The molecule has 0 radical (unpaired) electrons. The maximum atomic E-state index is 14.2. The lowest BCUT2D eigenvalue weighted by molar-refractivity contribution is -0.152. The topological polar surface area (TPSA) is 66.9 Å². The molecule has 38 heavy (non-hydrogen) atoms. The van der Waals surface area contributed by atoms with Crippen molar-refractivity contribution in [1.82, 2.24) is 9.80 Å². The van der Waals surface area contributed by atoms with Crippen LogP contribution in [-0.2, 0) is 40.1 Å². The monoisotopic (exact) mass is 644 g/mol. The summed E-state index contributed by atoms with van der Waals surface area (Å²) in [6.45, 7) is 0.282. The Morgan fingerprint density at radius 3 is 2.05 bits per heavy atom. The van der Waals surface area contributed by atoms with Gasteiger partial charge >= 0.3 is 17.8 Å². The first-order valence-electron chi connectivity index (χ1n) is 12.1. The van der Waals surface area contributed by atoms with E-state index in [2.05, 4.69) is 31.9 Å². The van der Waals surface area contributed by atoms with Crippen molar-refractivity contribution < 1.29 is 23.5 Å². The molecule has 6 nitrogen and oxygen atoms in total. The molecule has 0 unspecified atom stereocenters. The van der Waals surface area contributed by atoms with Gasteiger partial charge in [0.1, 0.15) is 5.82 Å². The molecule has 0 saturated carbocycles. The second kappa shape index (κ2) is 12.2. The van der Waals surface area contributed by atoms with Gasteiger partial charge in [-0.15, -0.1) is 0 Å². The number of fused-ring (bicyclic) bond motifs is 1. The Morgan fingerprint density at radius 1 is 0.974 bits per heavy atom. The second-order valence-corrected chi connectivity index (χ2v) is 11.1. The van der Waals surface area contributed by atoms with E-state index in [4.69, 9.17) is 4.74 Å². The van der Waals surface area contributed by atoms with Crippen LogP contribution < -0.4 is 0 Å². The quantitative estimate of drug-likeness (QED) is 0.268. The minimum absolute atomic E-state index is 0.0413. The molecule has 0 N–H and O–H groups in total. The van der Waals surface area contributed by atoms with Gasteiger partial charge in [-0.05, 0) is 77.9 Å². The maximum absolute atomic E-state index is 14.2. The molecule has 1 aliphatic rings. The fourth-order valence-corrected chi connectivity index (χ4v) is 5.24. The first-order valence-corrected chi connectivity index (χ1v) is 13.7. The van der Waals surface area contributed by atoms with Crippen molar-refractivity contribution in [3.05, 3.63) is 103 Å². The summed E-state index contributed by atoms with van der Waals surface area (Å²) in [5.74, 6) is -2.50. The van der Waals surface area contributed by atoms with Gasteiger partial charge < -0.3 is 14.5 Å². The van der Waals surface area contributed by atoms with Crippen LogP contribution in [0.2, 0.25) is 0 Å². The Bertz CT molecular complexity index is 1300. The van der Waals surface area contributed by atoms with E-state index in [9.17, 15) is 18.8 Å². The zero-order valence-corrected chi connectivity index (χ0v) is 24.2. The van der Waals surface area contributed by atoms with E-state index in [0.29, 0.717) is 30.4 Å². The highest BCUT2D eigenvalue weighted by atomic mass is 79.9. The normalized spacial score (nSPS) is 12.7. The highest BCUT2D eigenvalue weighted by Crippen LogP contribution is 2.26. The number of halogens is 3. The van der Waals surface area contributed by atoms with Gasteiger partial charge in [-0.25, -0.2) is 9.18 Å². The Hall–Kier alpha value is -3.04. The zero-order valence-electron chi connectivity index (χ0n) is 21.0. The lowest BCUT2D eigenvalue weighted by atomic mass is 9.94. The average Bonchev–Trinajstić information content (AvgIpc) is 2.92. The summed E-state index contributed by atoms with van der Waals surface area (Å²) in [5, 5.41) is 0. The zero-order chi connectivity index (χ0) is 27.4. The van der Waals surface area contributed by atoms with Gasteiger partial charge in [0.2, 0.25) is 0 Å². The Morgan fingerprint density at radius 2 is 1.53 bits per heavy atom. The molecular weight excluding hydrogens is 619 g/mol. The van der Waals surface area contributed by atoms with Gasteiger partial charge in [0.25, 0.3) is 0 Å². The maximum Gasteiger partial charge on any atom is 0.338 e. The average molecular weight is 646 g/mol. The number of rotatable bonds is 6. The summed E-state index contributed by atoms with van der Waals surface area (Å²) >= 11 is 6.90. The summed E-state index contributed by atoms with van der Waals surface area (Å²) in [7, 11) is 2.89. The van der Waals surface area contributed by atoms with Gasteiger partial charge in [-0.1, -0.05) is 56.1 Å². The molecule has 1 aliphatic heterocycles. The fourth-order valence-electron chi connectivity index (χ4n) is 4.71. The number of amides is 2. The molecule has 4 rings (SSSR count). The highest BCUT2D eigenvalue weighted by Gasteiger charge is 2.33. The van der Waals surface area contributed by atoms with Crippen molar-refractivity contribution in [1.29, 1.82) is 0 Å². The van der Waals surface area contributed by atoms with Crippen LogP contribution in [0.5, 0.6) is 0 Å². The summed E-state index contributed by atoms with van der Waals surface area (Å²) < 4.78 is 21.0. The molecule has 1 heterocycles. The first-order chi connectivity index (χ1) is 18.2. The molecule has 2 amide bonds. The third kappa shape index (κ3) is 6.50. The third-order valence-electron chi connectivity index (χ3n) is 6.81. The first kappa shape index (κ1) is 28.0. The Kier molecular flexibility index (Phi) is 8.99. The van der Waals surface area contributed by atoms with Crippen LogP contribution in [0.3, 0.4) is 0 Å². The van der Waals surface area contributed by atoms with Crippen molar-refractivity contribution in [2.24, 2.45) is 0 Å². The third-order valence-corrected chi connectivity index (χ3v) is 7.87. The minimum Gasteiger partial charge on any atom is -0.465 e. The standard InChI is InChI=1S/C29H27Br2FN2O4/c1-33(24(13-18-3-7-21(30)8-4-18)14-19-5-9-22(31)10-6-19)27(35)28(36)34-12-11-25-20(17-34)15-23(32)16-26(25)29(37)38-2/h3-10,15-16,24H,11-14,17H2,1-2H3. The molecule has 0 atom stereocenters. The van der Waals surface area contributed by atoms with E-state index in [0.717, 1.165) is 26.1 Å². The van der Waals surface area contributed by atoms with Crippen molar-refractivity contribution in [2.45, 2.75) is 31.8 Å². The summed E-state index contributed by atoms with van der Waals surface area (Å²) in [5.41, 5.74) is 3.38. The predicted octanol–water partition coefficient (Wildman–Crippen LogP) is 5.33. The van der Waals surface area contributed by atoms with Crippen LogP contribution in [-0.4, -0.2) is 54.3 Å². The lowest BCUT2D eigenvalue weighted by Gasteiger charge is -2.33. The highest BCUT2D eigenvalue weighted by molar-refractivity contribution is 9.10. The van der Waals surface area contributed by atoms with Crippen LogP contribution in [0.25, 0.3) is 0 Å². The number of methoxy groups -OCH3 is 1. The number of nitrogens with zero attached hydrogens (tertiary/aromatic N) is 2. The summed E-state index contributed by atoms with van der Waals surface area (Å²) in [6.07, 6.45) is 1.45. The molecule has 3 aromatic carbocycles. The van der Waals surface area contributed by atoms with E-state index in [-0.39, 0.29) is 24.7 Å². The van der Waals surface area contributed by atoms with Gasteiger partial charge in [0, 0.05) is 35.1 Å². The van der Waals surface area contributed by atoms with E-state index in [1.54, 1.807) is 7.05 Å². The number of ether oxygens (including phenoxy) is 1. The van der Waals surface area contributed by atoms with Crippen molar-refractivity contribution in [3.63, 3.8) is 0 Å². The molecule has 9 heteroatoms. The van der Waals surface area contributed by atoms with Gasteiger partial charge in [-0.3, -0.25) is 9.59 Å². The summed E-state index contributed by atoms with van der Waals surface area (Å²) in [4.78, 5) is 41.8. The van der Waals surface area contributed by atoms with Gasteiger partial charge in [0.05, 0.1) is 12.7 Å². The van der Waals surface area contributed by atoms with Crippen LogP contribution in [0.4, 0.5) is 4.39 Å². The fraction of sp³-hybridized carbons (Fsp3) is 0.276. The molecular formula is C29H27Br2FN2O4. The van der Waals surface area contributed by atoms with E-state index < -0.39 is 23.6 Å². The number of hydrogen-bond donors (Lipinski definition) is 0. The molecule has 0 aromatic heterocycles. The molecule has 0 saturated heterocycles. The van der Waals surface area contributed by atoms with Crippen LogP contribution in [0.15, 0.2) is 69.6 Å². The Balaban J connectivity index is 1.54. The molecule has 198 valence electrons. The van der Waals surface area contributed by atoms with Crippen molar-refractivity contribution in [3.8, 4) is 0 Å². The van der Waals surface area contributed by atoms with E-state index in [1.165, 1.54) is 23.0 Å². The van der Waals surface area contributed by atoms with Gasteiger partial charge in [-0.2, -0.15) is 0 Å². The molecule has 0 fully saturated rings. The van der Waals surface area contributed by atoms with Gasteiger partial charge in [0.15, 0.2) is 0 Å².